The van der Waals surface area contributed by atoms with Gasteiger partial charge in [-0.2, -0.15) is 0 Å². The van der Waals surface area contributed by atoms with E-state index in [2.05, 4.69) is 53.2 Å². The zero-order valence-electron chi connectivity index (χ0n) is 44.2. The second kappa shape index (κ2) is 35.4. The lowest BCUT2D eigenvalue weighted by atomic mass is 9.99. The number of aliphatic hydroxyl groups excluding tert-OH is 1. The first-order chi connectivity index (χ1) is 35.8. The molecule has 0 aromatic carbocycles. The Balaban J connectivity index is 6.47. The van der Waals surface area contributed by atoms with Gasteiger partial charge in [-0.1, -0.05) is 41.5 Å². The van der Waals surface area contributed by atoms with E-state index >= 15 is 0 Å². The number of nitrogens with two attached hydrogens (primary N) is 5. The molecular weight excluding hydrogens is 1020 g/mol. The molecule has 9 atom stereocenters. The summed E-state index contributed by atoms with van der Waals surface area (Å²) in [5, 5.41) is 67.4. The number of nitrogens with one attached hydrogen (secondary N) is 12. The lowest BCUT2D eigenvalue weighted by Crippen LogP contribution is -2.61. The molecule has 0 rings (SSSR count). The molecule has 77 heavy (non-hydrogen) atoms. The topological polar surface area (TPSA) is 564 Å². The Labute approximate surface area is 445 Å². The summed E-state index contributed by atoms with van der Waals surface area (Å²) in [7, 11) is 0. The van der Waals surface area contributed by atoms with Crippen LogP contribution in [-0.2, 0) is 57.5 Å². The smallest absolute Gasteiger partial charge is 0.326 e. The first-order valence-electron chi connectivity index (χ1n) is 24.8. The van der Waals surface area contributed by atoms with Crippen molar-refractivity contribution in [3.8, 4) is 0 Å². The van der Waals surface area contributed by atoms with Gasteiger partial charge in [-0.25, -0.2) is 4.79 Å². The minimum atomic E-state index is -2.00. The second-order valence-electron chi connectivity index (χ2n) is 19.3. The Hall–Kier alpha value is -7.90. The molecule has 0 radical (unpaired) electrons. The standard InChI is InChI=1S/C45H81N17O15/c1-20(2)15-26(57-35(68)23(46)9-7-13-53-44(49)50)37(70)58-27(16-21(3)4)38(71)59-28(17-31(47)64)39(72)60-29(18-32(48)65)40(73)61-30(19-63)41(74)55-24(11-12-33(66)67)36(69)62-34(22(5)6)42(75)56-25(43(76)77)10-8-14-54-45(51)52/h20-30,34,63H,7-19,46H2,1-6H3,(H2,47,64)(H2,48,65)(H,55,74)(H,56,75)(H,57,68)(H,58,70)(H,59,71)(H,60,72)(H,61,73)(H,62,69)(H,66,67)(H,76,77)(H4,49,50,53)(H4,51,52,54)/t23-,24-,25-,26-,27-,28-,29-,30-,34-/m0/s1. The summed E-state index contributed by atoms with van der Waals surface area (Å²) in [6, 6.07) is -14.2. The molecule has 0 fully saturated rings. The average molecular weight is 1100 g/mol. The van der Waals surface area contributed by atoms with Crippen molar-refractivity contribution in [1.82, 2.24) is 53.2 Å². The zero-order valence-corrected chi connectivity index (χ0v) is 44.2. The van der Waals surface area contributed by atoms with Crippen molar-refractivity contribution >= 4 is 82.9 Å². The average Bonchev–Trinajstić information content (AvgIpc) is 3.30. The third kappa shape index (κ3) is 29.1. The molecule has 0 unspecified atom stereocenters. The first kappa shape index (κ1) is 69.1. The van der Waals surface area contributed by atoms with Crippen molar-refractivity contribution in [2.24, 2.45) is 46.4 Å². The molecule has 32 nitrogen and oxygen atoms in total. The maximum atomic E-state index is 13.9. The van der Waals surface area contributed by atoms with E-state index in [9.17, 15) is 72.9 Å². The lowest BCUT2D eigenvalue weighted by Gasteiger charge is -2.28. The van der Waals surface area contributed by atoms with Crippen LogP contribution in [0, 0.1) is 28.6 Å². The van der Waals surface area contributed by atoms with Crippen molar-refractivity contribution in [1.29, 1.82) is 10.8 Å². The van der Waals surface area contributed by atoms with E-state index in [0.29, 0.717) is 6.42 Å². The van der Waals surface area contributed by atoms with Crippen molar-refractivity contribution < 1.29 is 72.9 Å². The number of rotatable bonds is 38. The lowest BCUT2D eigenvalue weighted by molar-refractivity contribution is -0.143. The van der Waals surface area contributed by atoms with Crippen LogP contribution in [0.5, 0.6) is 0 Å². The van der Waals surface area contributed by atoms with Crippen molar-refractivity contribution in [3.05, 3.63) is 0 Å². The summed E-state index contributed by atoms with van der Waals surface area (Å²) in [6.45, 7) is 9.09. The second-order valence-corrected chi connectivity index (χ2v) is 19.3. The van der Waals surface area contributed by atoms with Crippen LogP contribution in [0.15, 0.2) is 0 Å². The molecule has 0 aliphatic rings. The van der Waals surface area contributed by atoms with E-state index < -0.39 is 164 Å². The normalized spacial score (nSPS) is 14.5. The van der Waals surface area contributed by atoms with Gasteiger partial charge >= 0.3 is 11.9 Å². The van der Waals surface area contributed by atoms with E-state index in [0.717, 1.165) is 0 Å². The Bertz CT molecular complexity index is 2090. The highest BCUT2D eigenvalue weighted by Gasteiger charge is 2.36. The molecule has 0 saturated carbocycles. The number of carbonyl (C=O) groups is 12. The molecule has 0 aliphatic carbocycles. The fraction of sp³-hybridized carbons (Fsp3) is 0.689. The van der Waals surface area contributed by atoms with Gasteiger partial charge in [-0.15, -0.1) is 0 Å². The van der Waals surface area contributed by atoms with E-state index in [1.165, 1.54) is 13.8 Å². The van der Waals surface area contributed by atoms with Crippen LogP contribution in [0.1, 0.15) is 106 Å². The number of carbonyl (C=O) groups excluding carboxylic acids is 10. The van der Waals surface area contributed by atoms with Crippen LogP contribution in [0.2, 0.25) is 0 Å². The molecule has 0 aliphatic heterocycles. The molecule has 0 aromatic rings. The summed E-state index contributed by atoms with van der Waals surface area (Å²) in [6.07, 6.45) is -2.63. The SMILES string of the molecule is CC(C)C[C@H](NC(=O)[C@H](CC(C)C)NC(=O)[C@@H](N)CCCNC(=N)N)C(=O)N[C@@H](CC(N)=O)C(=O)N[C@@H](CC(N)=O)C(=O)N[C@@H](CO)C(=O)N[C@@H](CCC(=O)O)C(=O)N[C@H](C(=O)N[C@@H](CCCNC(=N)N)C(=O)O)C(C)C. The van der Waals surface area contributed by atoms with E-state index in [1.807, 2.05) is 0 Å². The number of primary amides is 2. The summed E-state index contributed by atoms with van der Waals surface area (Å²) >= 11 is 0. The molecule has 0 heterocycles. The largest absolute Gasteiger partial charge is 0.481 e. The van der Waals surface area contributed by atoms with Crippen LogP contribution in [0.25, 0.3) is 0 Å². The van der Waals surface area contributed by atoms with E-state index in [-0.39, 0.29) is 68.9 Å². The van der Waals surface area contributed by atoms with Gasteiger partial charge in [0, 0.05) is 19.5 Å². The van der Waals surface area contributed by atoms with Crippen LogP contribution >= 0.6 is 0 Å². The first-order valence-corrected chi connectivity index (χ1v) is 24.8. The Morgan fingerprint density at radius 2 is 0.818 bits per heavy atom. The van der Waals surface area contributed by atoms with Crippen LogP contribution < -0.4 is 81.8 Å². The predicted molar refractivity (Wildman–Crippen MR) is 275 cm³/mol. The van der Waals surface area contributed by atoms with Crippen molar-refractivity contribution in [3.63, 3.8) is 0 Å². The summed E-state index contributed by atoms with van der Waals surface area (Å²) in [5.41, 5.74) is 27.3. The molecule has 0 saturated heterocycles. The van der Waals surface area contributed by atoms with Gasteiger partial charge in [0.15, 0.2) is 11.9 Å². The third-order valence-corrected chi connectivity index (χ3v) is 11.0. The summed E-state index contributed by atoms with van der Waals surface area (Å²) < 4.78 is 0. The minimum Gasteiger partial charge on any atom is -0.481 e. The molecule has 32 heteroatoms. The molecule has 10 amide bonds. The van der Waals surface area contributed by atoms with Gasteiger partial charge in [0.2, 0.25) is 59.1 Å². The van der Waals surface area contributed by atoms with Gasteiger partial charge in [-0.05, 0) is 62.7 Å². The number of guanidine groups is 2. The predicted octanol–water partition coefficient (Wildman–Crippen LogP) is -6.84. The van der Waals surface area contributed by atoms with Crippen LogP contribution in [-0.4, -0.2) is 172 Å². The highest BCUT2D eigenvalue weighted by Crippen LogP contribution is 2.12. The maximum Gasteiger partial charge on any atom is 0.326 e. The summed E-state index contributed by atoms with van der Waals surface area (Å²) in [4.78, 5) is 156. The third-order valence-electron chi connectivity index (χ3n) is 11.0. The molecule has 0 aromatic heterocycles. The molecule has 0 bridgehead atoms. The fourth-order valence-electron chi connectivity index (χ4n) is 7.11. The number of hydrogen-bond acceptors (Lipinski definition) is 16. The Morgan fingerprint density at radius 3 is 1.21 bits per heavy atom. The highest BCUT2D eigenvalue weighted by molar-refractivity contribution is 6.00. The number of carboxylic acids is 2. The van der Waals surface area contributed by atoms with Crippen LogP contribution in [0.3, 0.4) is 0 Å². The molecular formula is C45H81N17O15. The van der Waals surface area contributed by atoms with Gasteiger partial charge in [0.1, 0.15) is 48.3 Å². The van der Waals surface area contributed by atoms with Crippen molar-refractivity contribution in [2.75, 3.05) is 19.7 Å². The van der Waals surface area contributed by atoms with Gasteiger partial charge in [-0.3, -0.25) is 63.6 Å². The quantitative estimate of drug-likeness (QED) is 0.0155. The van der Waals surface area contributed by atoms with Crippen LogP contribution in [0.4, 0.5) is 0 Å². The highest BCUT2D eigenvalue weighted by atomic mass is 16.4. The number of amides is 10. The number of carboxylic acid groups (broad SMARTS) is 2. The molecule has 436 valence electrons. The molecule has 0 spiro atoms. The Morgan fingerprint density at radius 1 is 0.455 bits per heavy atom. The van der Waals surface area contributed by atoms with Crippen molar-refractivity contribution in [2.45, 2.75) is 160 Å². The Kier molecular flexibility index (Phi) is 31.7. The number of aliphatic carboxylic acids is 2. The fourth-order valence-corrected chi connectivity index (χ4v) is 7.11. The number of aliphatic hydroxyl groups is 1. The maximum absolute atomic E-state index is 13.9. The minimum absolute atomic E-state index is 0.0481. The monoisotopic (exact) mass is 1100 g/mol. The number of hydrogen-bond donors (Lipinski definition) is 20. The van der Waals surface area contributed by atoms with E-state index in [1.54, 1.807) is 27.7 Å². The summed E-state index contributed by atoms with van der Waals surface area (Å²) in [5.74, 6) is -15.6. The van der Waals surface area contributed by atoms with Gasteiger partial charge < -0.3 is 97.2 Å². The zero-order chi connectivity index (χ0) is 59.3. The van der Waals surface area contributed by atoms with E-state index in [4.69, 9.17) is 39.5 Å². The van der Waals surface area contributed by atoms with Gasteiger partial charge in [0.25, 0.3) is 0 Å². The molecule has 25 N–H and O–H groups in total. The van der Waals surface area contributed by atoms with Gasteiger partial charge in [0.05, 0.1) is 25.5 Å².